The number of nitrogens with zero attached hydrogens (tertiary/aromatic N) is 1. The van der Waals surface area contributed by atoms with Crippen molar-refractivity contribution in [3.63, 3.8) is 0 Å². The van der Waals surface area contributed by atoms with Crippen LogP contribution in [0.25, 0.3) is 0 Å². The van der Waals surface area contributed by atoms with Crippen molar-refractivity contribution in [1.82, 2.24) is 4.31 Å². The lowest BCUT2D eigenvalue weighted by molar-refractivity contribution is -0.107. The van der Waals surface area contributed by atoms with Gasteiger partial charge >= 0.3 is 0 Å². The predicted molar refractivity (Wildman–Crippen MR) is 82.2 cm³/mol. The molecule has 0 saturated heterocycles. The maximum atomic E-state index is 12.7. The quantitative estimate of drug-likeness (QED) is 0.546. The minimum absolute atomic E-state index is 0.334. The fraction of sp³-hybridized carbons (Fsp3) is 0.533. The Balaban J connectivity index is 2.99. The van der Waals surface area contributed by atoms with Crippen LogP contribution in [0.15, 0.2) is 17.0 Å². The molecule has 6 heteroatoms. The molecule has 0 N–H and O–H groups in total. The summed E-state index contributed by atoms with van der Waals surface area (Å²) >= 11 is 0. The molecule has 0 fully saturated rings. The first-order valence-corrected chi connectivity index (χ1v) is 8.33. The van der Waals surface area contributed by atoms with E-state index in [1.165, 1.54) is 4.31 Å². The second kappa shape index (κ2) is 7.56. The van der Waals surface area contributed by atoms with Gasteiger partial charge in [0.05, 0.1) is 12.0 Å². The van der Waals surface area contributed by atoms with E-state index in [2.05, 4.69) is 0 Å². The molecule has 118 valence electrons. The standard InChI is InChI=1S/C15H23NO4S/c1-12-10-14(20-4)11-13(2)15(12)21(18,19)16(3)8-6-5-7-9-17/h9-11H,5-8H2,1-4H3. The molecule has 0 saturated carbocycles. The molecule has 0 aliphatic carbocycles. The van der Waals surface area contributed by atoms with E-state index in [0.29, 0.717) is 47.6 Å². The molecule has 0 aliphatic rings. The Kier molecular flexibility index (Phi) is 6.36. The van der Waals surface area contributed by atoms with Gasteiger partial charge in [-0.15, -0.1) is 0 Å². The number of aryl methyl sites for hydroxylation is 2. The summed E-state index contributed by atoms with van der Waals surface area (Å²) in [6, 6.07) is 3.44. The number of hydrogen-bond acceptors (Lipinski definition) is 4. The number of methoxy groups -OCH3 is 1. The number of benzene rings is 1. The third-order valence-electron chi connectivity index (χ3n) is 3.38. The summed E-state index contributed by atoms with van der Waals surface area (Å²) < 4.78 is 31.8. The lowest BCUT2D eigenvalue weighted by Crippen LogP contribution is -2.29. The third-order valence-corrected chi connectivity index (χ3v) is 5.55. The van der Waals surface area contributed by atoms with Gasteiger partial charge in [0.15, 0.2) is 0 Å². The van der Waals surface area contributed by atoms with Gasteiger partial charge in [-0.3, -0.25) is 0 Å². The summed E-state index contributed by atoms with van der Waals surface area (Å²) in [4.78, 5) is 10.6. The summed E-state index contributed by atoms with van der Waals surface area (Å²) in [5, 5.41) is 0. The van der Waals surface area contributed by atoms with Crippen LogP contribution in [0.3, 0.4) is 0 Å². The molecule has 0 atom stereocenters. The van der Waals surface area contributed by atoms with Crippen molar-refractivity contribution in [2.45, 2.75) is 38.0 Å². The zero-order valence-electron chi connectivity index (χ0n) is 13.0. The summed E-state index contributed by atoms with van der Waals surface area (Å²) in [5.74, 6) is 0.651. The van der Waals surface area contributed by atoms with Gasteiger partial charge in [0, 0.05) is 20.0 Å². The van der Waals surface area contributed by atoms with Crippen LogP contribution < -0.4 is 4.74 Å². The molecule has 1 aromatic carbocycles. The van der Waals surface area contributed by atoms with Gasteiger partial charge in [-0.05, 0) is 49.9 Å². The van der Waals surface area contributed by atoms with Crippen molar-refractivity contribution in [1.29, 1.82) is 0 Å². The SMILES string of the molecule is COc1cc(C)c(S(=O)(=O)N(C)CCCCC=O)c(C)c1. The van der Waals surface area contributed by atoms with E-state index >= 15 is 0 Å². The van der Waals surface area contributed by atoms with Gasteiger partial charge in [-0.1, -0.05) is 0 Å². The monoisotopic (exact) mass is 313 g/mol. The van der Waals surface area contributed by atoms with Crippen molar-refractivity contribution in [2.75, 3.05) is 20.7 Å². The number of carbonyl (C=O) groups excluding carboxylic acids is 1. The zero-order valence-corrected chi connectivity index (χ0v) is 13.9. The first-order chi connectivity index (χ1) is 9.84. The van der Waals surface area contributed by atoms with E-state index in [1.807, 2.05) is 0 Å². The normalized spacial score (nSPS) is 11.7. The minimum atomic E-state index is -3.52. The van der Waals surface area contributed by atoms with Gasteiger partial charge in [0.2, 0.25) is 10.0 Å². The summed E-state index contributed by atoms with van der Waals surface area (Å²) in [7, 11) is -0.397. The number of sulfonamides is 1. The highest BCUT2D eigenvalue weighted by atomic mass is 32.2. The molecule has 0 radical (unpaired) electrons. The number of rotatable bonds is 8. The summed E-state index contributed by atoms with van der Waals surface area (Å²) in [6.45, 7) is 3.94. The second-order valence-electron chi connectivity index (χ2n) is 5.08. The van der Waals surface area contributed by atoms with Crippen LogP contribution in [0, 0.1) is 13.8 Å². The van der Waals surface area contributed by atoms with Gasteiger partial charge in [-0.25, -0.2) is 12.7 Å². The minimum Gasteiger partial charge on any atom is -0.497 e. The highest BCUT2D eigenvalue weighted by Crippen LogP contribution is 2.27. The second-order valence-corrected chi connectivity index (χ2v) is 7.06. The largest absolute Gasteiger partial charge is 0.497 e. The number of ether oxygens (including phenoxy) is 1. The van der Waals surface area contributed by atoms with Crippen molar-refractivity contribution in [2.24, 2.45) is 0 Å². The Morgan fingerprint density at radius 3 is 2.24 bits per heavy atom. The van der Waals surface area contributed by atoms with Crippen LogP contribution >= 0.6 is 0 Å². The predicted octanol–water partition coefficient (Wildman–Crippen LogP) is 2.30. The maximum Gasteiger partial charge on any atom is 0.243 e. The Labute approximate surface area is 127 Å². The van der Waals surface area contributed by atoms with Crippen molar-refractivity contribution < 1.29 is 17.9 Å². The molecule has 0 unspecified atom stereocenters. The molecule has 5 nitrogen and oxygen atoms in total. The molecule has 0 amide bonds. The lowest BCUT2D eigenvalue weighted by atomic mass is 10.1. The number of carbonyl (C=O) groups is 1. The topological polar surface area (TPSA) is 63.7 Å². The van der Waals surface area contributed by atoms with E-state index in [-0.39, 0.29) is 0 Å². The lowest BCUT2D eigenvalue weighted by Gasteiger charge is -2.20. The molecule has 0 spiro atoms. The van der Waals surface area contributed by atoms with Crippen LogP contribution in [-0.4, -0.2) is 39.7 Å². The molecular formula is C15H23NO4S. The fourth-order valence-corrected chi connectivity index (χ4v) is 3.89. The molecule has 21 heavy (non-hydrogen) atoms. The van der Waals surface area contributed by atoms with E-state index in [0.717, 1.165) is 6.29 Å². The van der Waals surface area contributed by atoms with E-state index < -0.39 is 10.0 Å². The average molecular weight is 313 g/mol. The van der Waals surface area contributed by atoms with Crippen LogP contribution in [-0.2, 0) is 14.8 Å². The first-order valence-electron chi connectivity index (χ1n) is 6.89. The van der Waals surface area contributed by atoms with Gasteiger partial charge in [0.25, 0.3) is 0 Å². The molecule has 1 rings (SSSR count). The van der Waals surface area contributed by atoms with Crippen molar-refractivity contribution >= 4 is 16.3 Å². The van der Waals surface area contributed by atoms with Crippen LogP contribution in [0.1, 0.15) is 30.4 Å². The van der Waals surface area contributed by atoms with Crippen LogP contribution in [0.4, 0.5) is 0 Å². The Bertz CT molecular complexity index is 573. The molecular weight excluding hydrogens is 290 g/mol. The van der Waals surface area contributed by atoms with Gasteiger partial charge < -0.3 is 9.53 Å². The van der Waals surface area contributed by atoms with E-state index in [1.54, 1.807) is 40.1 Å². The molecule has 0 bridgehead atoms. The number of hydrogen-bond donors (Lipinski definition) is 0. The highest BCUT2D eigenvalue weighted by Gasteiger charge is 2.25. The van der Waals surface area contributed by atoms with Crippen LogP contribution in [0.2, 0.25) is 0 Å². The molecule has 0 heterocycles. The number of unbranched alkanes of at least 4 members (excludes halogenated alkanes) is 2. The molecule has 0 aromatic heterocycles. The Morgan fingerprint density at radius 2 is 1.76 bits per heavy atom. The van der Waals surface area contributed by atoms with Gasteiger partial charge in [0.1, 0.15) is 12.0 Å². The summed E-state index contributed by atoms with van der Waals surface area (Å²) in [6.07, 6.45) is 2.69. The summed E-state index contributed by atoms with van der Waals surface area (Å²) in [5.41, 5.74) is 1.35. The van der Waals surface area contributed by atoms with Crippen LogP contribution in [0.5, 0.6) is 5.75 Å². The van der Waals surface area contributed by atoms with Crippen molar-refractivity contribution in [3.8, 4) is 5.75 Å². The van der Waals surface area contributed by atoms with E-state index in [9.17, 15) is 13.2 Å². The molecule has 0 aliphatic heterocycles. The Hall–Kier alpha value is -1.40. The number of aldehydes is 1. The maximum absolute atomic E-state index is 12.7. The van der Waals surface area contributed by atoms with Crippen molar-refractivity contribution in [3.05, 3.63) is 23.3 Å². The smallest absolute Gasteiger partial charge is 0.243 e. The van der Waals surface area contributed by atoms with Gasteiger partial charge in [-0.2, -0.15) is 0 Å². The average Bonchev–Trinajstić information content (AvgIpc) is 2.42. The van der Waals surface area contributed by atoms with E-state index in [4.69, 9.17) is 4.74 Å². The first kappa shape index (κ1) is 17.7. The zero-order chi connectivity index (χ0) is 16.0. The fourth-order valence-electron chi connectivity index (χ4n) is 2.27. The molecule has 1 aromatic rings. The highest BCUT2D eigenvalue weighted by molar-refractivity contribution is 7.89. The third kappa shape index (κ3) is 4.28. The Morgan fingerprint density at radius 1 is 1.19 bits per heavy atom.